The molecule has 0 aliphatic carbocycles. The molecule has 0 atom stereocenters. The molecule has 0 amide bonds. The molecule has 1 aliphatic rings. The van der Waals surface area contributed by atoms with Crippen LogP contribution in [0.1, 0.15) is 25.1 Å². The van der Waals surface area contributed by atoms with Crippen LogP contribution in [0.4, 0.5) is 0 Å². The number of rotatable bonds is 0. The third kappa shape index (κ3) is 1.25. The molecule has 2 heteroatoms. The first-order valence-corrected chi connectivity index (χ1v) is 7.31. The van der Waals surface area contributed by atoms with Gasteiger partial charge in [0.1, 0.15) is 0 Å². The van der Waals surface area contributed by atoms with E-state index in [0.717, 1.165) is 0 Å². The molecule has 1 aliphatic heterocycles. The lowest BCUT2D eigenvalue weighted by atomic mass is 9.83. The monoisotopic (exact) mass is 311 g/mol. The van der Waals surface area contributed by atoms with E-state index in [2.05, 4.69) is 82.9 Å². The Morgan fingerprint density at radius 1 is 0.947 bits per heavy atom. The maximum atomic E-state index is 3.82. The molecule has 1 nitrogen and oxygen atoms in total. The molecule has 94 valence electrons. The Morgan fingerprint density at radius 3 is 2.47 bits per heavy atom. The molecule has 0 unspecified atom stereocenters. The molecule has 0 fully saturated rings. The SMILES string of the molecule is CC1(C)c2ccccc2-n2c1c(Br)c1ccccc12. The minimum absolute atomic E-state index is 0.0362. The Labute approximate surface area is 121 Å². The van der Waals surface area contributed by atoms with Gasteiger partial charge in [0.05, 0.1) is 11.2 Å². The lowest BCUT2D eigenvalue weighted by Gasteiger charge is -2.19. The van der Waals surface area contributed by atoms with Crippen molar-refractivity contribution in [1.29, 1.82) is 0 Å². The molecular weight excluding hydrogens is 298 g/mol. The first-order chi connectivity index (χ1) is 9.12. The fraction of sp³-hybridized carbons (Fsp3) is 0.176. The number of aromatic nitrogens is 1. The minimum atomic E-state index is 0.0362. The van der Waals surface area contributed by atoms with Crippen molar-refractivity contribution < 1.29 is 0 Å². The summed E-state index contributed by atoms with van der Waals surface area (Å²) < 4.78 is 3.62. The highest BCUT2D eigenvalue weighted by Crippen LogP contribution is 2.49. The first kappa shape index (κ1) is 11.3. The summed E-state index contributed by atoms with van der Waals surface area (Å²) in [5, 5.41) is 1.29. The Kier molecular flexibility index (Phi) is 2.09. The van der Waals surface area contributed by atoms with Crippen LogP contribution in [0.25, 0.3) is 16.6 Å². The molecule has 0 saturated heterocycles. The predicted molar refractivity (Wildman–Crippen MR) is 83.1 cm³/mol. The van der Waals surface area contributed by atoms with Crippen molar-refractivity contribution in [2.24, 2.45) is 0 Å². The summed E-state index contributed by atoms with van der Waals surface area (Å²) in [5.74, 6) is 0. The van der Waals surface area contributed by atoms with E-state index < -0.39 is 0 Å². The van der Waals surface area contributed by atoms with Crippen molar-refractivity contribution in [3.8, 4) is 5.69 Å². The van der Waals surface area contributed by atoms with E-state index >= 15 is 0 Å². The van der Waals surface area contributed by atoms with Gasteiger partial charge in [0, 0.05) is 21.0 Å². The normalized spacial score (nSPS) is 15.5. The largest absolute Gasteiger partial charge is 0.311 e. The maximum absolute atomic E-state index is 3.82. The second-order valence-electron chi connectivity index (χ2n) is 5.66. The molecule has 19 heavy (non-hydrogen) atoms. The molecule has 3 aromatic rings. The summed E-state index contributed by atoms with van der Waals surface area (Å²) in [7, 11) is 0. The van der Waals surface area contributed by atoms with Gasteiger partial charge in [-0.05, 0) is 33.6 Å². The van der Waals surface area contributed by atoms with E-state index in [9.17, 15) is 0 Å². The van der Waals surface area contributed by atoms with E-state index in [1.807, 2.05) is 0 Å². The number of benzene rings is 2. The zero-order chi connectivity index (χ0) is 13.2. The zero-order valence-corrected chi connectivity index (χ0v) is 12.5. The average molecular weight is 312 g/mol. The molecule has 0 N–H and O–H groups in total. The lowest BCUT2D eigenvalue weighted by Crippen LogP contribution is -2.15. The molecule has 0 saturated carbocycles. The van der Waals surface area contributed by atoms with Crippen LogP contribution >= 0.6 is 15.9 Å². The van der Waals surface area contributed by atoms with Crippen LogP contribution in [0.3, 0.4) is 0 Å². The van der Waals surface area contributed by atoms with Gasteiger partial charge in [-0.2, -0.15) is 0 Å². The summed E-state index contributed by atoms with van der Waals surface area (Å²) in [4.78, 5) is 0. The molecule has 0 spiro atoms. The second kappa shape index (κ2) is 3.51. The molecule has 2 aromatic carbocycles. The highest BCUT2D eigenvalue weighted by atomic mass is 79.9. The Balaban J connectivity index is 2.26. The van der Waals surface area contributed by atoms with Gasteiger partial charge in [-0.25, -0.2) is 0 Å². The molecule has 0 radical (unpaired) electrons. The van der Waals surface area contributed by atoms with Crippen LogP contribution in [0.15, 0.2) is 53.0 Å². The number of halogens is 1. The van der Waals surface area contributed by atoms with E-state index in [1.165, 1.54) is 32.3 Å². The number of fused-ring (bicyclic) bond motifs is 5. The van der Waals surface area contributed by atoms with Crippen LogP contribution in [-0.2, 0) is 5.41 Å². The van der Waals surface area contributed by atoms with Crippen LogP contribution in [0, 0.1) is 0 Å². The Morgan fingerprint density at radius 2 is 1.63 bits per heavy atom. The number of hydrogen-bond acceptors (Lipinski definition) is 0. The maximum Gasteiger partial charge on any atom is 0.0543 e. The molecule has 0 bridgehead atoms. The quantitative estimate of drug-likeness (QED) is 0.548. The zero-order valence-electron chi connectivity index (χ0n) is 10.9. The van der Waals surface area contributed by atoms with E-state index in [4.69, 9.17) is 0 Å². The van der Waals surface area contributed by atoms with Crippen LogP contribution in [0.2, 0.25) is 0 Å². The average Bonchev–Trinajstić information content (AvgIpc) is 2.85. The van der Waals surface area contributed by atoms with Gasteiger partial charge in [0.15, 0.2) is 0 Å². The standard InChI is InChI=1S/C17H14BrN/c1-17(2)12-8-4-6-10-14(12)19-13-9-5-3-7-11(13)15(18)16(17)19/h3-10H,1-2H3. The van der Waals surface area contributed by atoms with Crippen molar-refractivity contribution in [3.63, 3.8) is 0 Å². The number of para-hydroxylation sites is 2. The summed E-state index contributed by atoms with van der Waals surface area (Å²) in [6, 6.07) is 17.3. The van der Waals surface area contributed by atoms with Crippen LogP contribution < -0.4 is 0 Å². The van der Waals surface area contributed by atoms with Crippen molar-refractivity contribution in [1.82, 2.24) is 4.57 Å². The molecule has 2 heterocycles. The first-order valence-electron chi connectivity index (χ1n) is 6.51. The van der Waals surface area contributed by atoms with E-state index in [-0.39, 0.29) is 5.41 Å². The van der Waals surface area contributed by atoms with Crippen LogP contribution in [0.5, 0.6) is 0 Å². The Bertz CT molecular complexity index is 811. The highest BCUT2D eigenvalue weighted by molar-refractivity contribution is 9.10. The minimum Gasteiger partial charge on any atom is -0.311 e. The van der Waals surface area contributed by atoms with Gasteiger partial charge in [0.2, 0.25) is 0 Å². The van der Waals surface area contributed by atoms with E-state index in [1.54, 1.807) is 0 Å². The fourth-order valence-electron chi connectivity index (χ4n) is 3.33. The van der Waals surface area contributed by atoms with Crippen molar-refractivity contribution in [2.75, 3.05) is 0 Å². The molecule has 4 rings (SSSR count). The second-order valence-corrected chi connectivity index (χ2v) is 6.45. The van der Waals surface area contributed by atoms with Crippen molar-refractivity contribution in [3.05, 3.63) is 64.3 Å². The van der Waals surface area contributed by atoms with Gasteiger partial charge in [-0.3, -0.25) is 0 Å². The summed E-state index contributed by atoms with van der Waals surface area (Å²) >= 11 is 3.82. The summed E-state index contributed by atoms with van der Waals surface area (Å²) in [6.07, 6.45) is 0. The summed E-state index contributed by atoms with van der Waals surface area (Å²) in [6.45, 7) is 4.60. The number of hydrogen-bond donors (Lipinski definition) is 0. The third-order valence-corrected chi connectivity index (χ3v) is 5.03. The van der Waals surface area contributed by atoms with E-state index in [0.29, 0.717) is 0 Å². The Hall–Kier alpha value is -1.54. The van der Waals surface area contributed by atoms with Gasteiger partial charge in [-0.1, -0.05) is 50.2 Å². The van der Waals surface area contributed by atoms with Crippen LogP contribution in [-0.4, -0.2) is 4.57 Å². The van der Waals surface area contributed by atoms with Crippen molar-refractivity contribution >= 4 is 26.8 Å². The number of nitrogens with zero attached hydrogens (tertiary/aromatic N) is 1. The smallest absolute Gasteiger partial charge is 0.0543 e. The highest BCUT2D eigenvalue weighted by Gasteiger charge is 2.39. The lowest BCUT2D eigenvalue weighted by molar-refractivity contribution is 0.641. The van der Waals surface area contributed by atoms with Gasteiger partial charge < -0.3 is 4.57 Å². The predicted octanol–water partition coefficient (Wildman–Crippen LogP) is 5.03. The topological polar surface area (TPSA) is 4.93 Å². The molecular formula is C17H14BrN. The van der Waals surface area contributed by atoms with Gasteiger partial charge in [-0.15, -0.1) is 0 Å². The van der Waals surface area contributed by atoms with Gasteiger partial charge in [0.25, 0.3) is 0 Å². The summed E-state index contributed by atoms with van der Waals surface area (Å²) in [5.41, 5.74) is 5.38. The third-order valence-electron chi connectivity index (χ3n) is 4.22. The molecule has 1 aromatic heterocycles. The van der Waals surface area contributed by atoms with Gasteiger partial charge >= 0.3 is 0 Å². The van der Waals surface area contributed by atoms with Crippen molar-refractivity contribution in [2.45, 2.75) is 19.3 Å². The fourth-order valence-corrected chi connectivity index (χ4v) is 4.34.